The summed E-state index contributed by atoms with van der Waals surface area (Å²) in [6, 6.07) is 12.8. The summed E-state index contributed by atoms with van der Waals surface area (Å²) in [5.41, 5.74) is 1.48. The van der Waals surface area contributed by atoms with Gasteiger partial charge in [-0.15, -0.1) is 19.7 Å². The number of hydrogen-bond acceptors (Lipinski definition) is 2. The molecule has 0 saturated carbocycles. The number of halogens is 1. The van der Waals surface area contributed by atoms with Crippen molar-refractivity contribution >= 4 is 25.1 Å². The molecule has 130 valence electrons. The van der Waals surface area contributed by atoms with Crippen molar-refractivity contribution in [2.45, 2.75) is 43.6 Å². The van der Waals surface area contributed by atoms with Gasteiger partial charge in [0.25, 0.3) is 0 Å². The Morgan fingerprint density at radius 2 is 1.50 bits per heavy atom. The van der Waals surface area contributed by atoms with Gasteiger partial charge in [0.05, 0.1) is 8.07 Å². The minimum Gasteiger partial charge on any atom is -0.449 e. The van der Waals surface area contributed by atoms with E-state index in [9.17, 15) is 4.79 Å². The van der Waals surface area contributed by atoms with Crippen molar-refractivity contribution in [3.63, 3.8) is 0 Å². The van der Waals surface area contributed by atoms with Gasteiger partial charge in [-0.25, -0.2) is 4.79 Å². The van der Waals surface area contributed by atoms with E-state index in [-0.39, 0.29) is 6.61 Å². The van der Waals surface area contributed by atoms with Crippen LogP contribution in [0.4, 0.5) is 4.79 Å². The lowest BCUT2D eigenvalue weighted by atomic mass is 10.1. The molecule has 0 unspecified atom stereocenters. The fraction of sp³-hybridized carbons (Fsp3) is 0.350. The summed E-state index contributed by atoms with van der Waals surface area (Å²) in [6.07, 6.45) is 8.40. The summed E-state index contributed by atoms with van der Waals surface area (Å²) in [5.74, 6) is 0. The van der Waals surface area contributed by atoms with Gasteiger partial charge in [-0.05, 0) is 35.7 Å². The lowest BCUT2D eigenvalue weighted by molar-refractivity contribution is 0.167. The molecule has 0 radical (unpaired) electrons. The van der Waals surface area contributed by atoms with E-state index in [1.165, 1.54) is 11.6 Å². The maximum absolute atomic E-state index is 10.6. The van der Waals surface area contributed by atoms with Crippen LogP contribution < -0.4 is 0 Å². The Bertz CT molecular complexity index is 525. The number of aryl methyl sites for hydroxylation is 1. The Labute approximate surface area is 151 Å². The molecule has 1 aromatic carbocycles. The van der Waals surface area contributed by atoms with Crippen molar-refractivity contribution in [1.82, 2.24) is 0 Å². The molecule has 0 aliphatic rings. The molecule has 0 aliphatic carbocycles. The van der Waals surface area contributed by atoms with Gasteiger partial charge in [0.15, 0.2) is 0 Å². The van der Waals surface area contributed by atoms with Crippen LogP contribution in [0.1, 0.15) is 17.5 Å². The molecule has 2 nitrogen and oxygen atoms in total. The van der Waals surface area contributed by atoms with Crippen LogP contribution in [-0.2, 0) is 17.8 Å². The van der Waals surface area contributed by atoms with E-state index in [1.54, 1.807) is 0 Å². The van der Waals surface area contributed by atoms with Crippen LogP contribution in [-0.4, -0.2) is 13.5 Å². The Hall–Kier alpha value is -1.58. The van der Waals surface area contributed by atoms with Gasteiger partial charge in [-0.3, -0.25) is 0 Å². The second-order valence-electron chi connectivity index (χ2n) is 6.17. The molecule has 0 spiro atoms. The van der Waals surface area contributed by atoms with Crippen molar-refractivity contribution < 1.29 is 9.53 Å². The van der Waals surface area contributed by atoms with Gasteiger partial charge in [-0.2, -0.15) is 0 Å². The van der Waals surface area contributed by atoms with Crippen molar-refractivity contribution in [3.05, 3.63) is 73.4 Å². The van der Waals surface area contributed by atoms with Gasteiger partial charge < -0.3 is 4.74 Å². The molecule has 1 rings (SSSR count). The van der Waals surface area contributed by atoms with Crippen LogP contribution in [0.5, 0.6) is 0 Å². The lowest BCUT2D eigenvalue weighted by Crippen LogP contribution is -2.32. The molecular formula is C20H27ClO2Si. The third kappa shape index (κ3) is 7.32. The first-order valence-electron chi connectivity index (χ1n) is 8.28. The highest BCUT2D eigenvalue weighted by Gasteiger charge is 2.27. The second kappa shape index (κ2) is 11.1. The molecule has 0 saturated heterocycles. The molecule has 0 aliphatic heterocycles. The molecule has 1 aromatic rings. The van der Waals surface area contributed by atoms with Crippen molar-refractivity contribution in [1.29, 1.82) is 0 Å². The summed E-state index contributed by atoms with van der Waals surface area (Å²) in [5, 5.41) is 0. The SMILES string of the molecule is C=CC[Si](CC=C)(CC=C)CCCc1ccc(COC(=O)Cl)cc1. The number of carbonyl (C=O) groups excluding carboxylic acids is 1. The Morgan fingerprint density at radius 3 is 1.96 bits per heavy atom. The standard InChI is InChI=1S/C20H27ClO2Si/c1-4-13-24(14-5-2,15-6-3)16-7-8-18-9-11-19(12-10-18)17-23-20(21)22/h4-6,9-12H,1-3,7-8,13-17H2. The van der Waals surface area contributed by atoms with E-state index in [0.29, 0.717) is 0 Å². The normalized spacial score (nSPS) is 10.9. The van der Waals surface area contributed by atoms with E-state index in [4.69, 9.17) is 16.3 Å². The molecule has 0 N–H and O–H groups in total. The van der Waals surface area contributed by atoms with E-state index in [0.717, 1.165) is 36.5 Å². The number of allylic oxidation sites excluding steroid dienone is 3. The summed E-state index contributed by atoms with van der Waals surface area (Å²) in [7, 11) is -1.41. The summed E-state index contributed by atoms with van der Waals surface area (Å²) >= 11 is 5.17. The molecule has 0 bridgehead atoms. The number of carbonyl (C=O) groups is 1. The average Bonchev–Trinajstić information content (AvgIpc) is 2.55. The maximum atomic E-state index is 10.6. The molecule has 4 heteroatoms. The van der Waals surface area contributed by atoms with Gasteiger partial charge in [0.1, 0.15) is 6.61 Å². The van der Waals surface area contributed by atoms with Crippen LogP contribution in [0.25, 0.3) is 0 Å². The molecular weight excluding hydrogens is 336 g/mol. The van der Waals surface area contributed by atoms with Gasteiger partial charge in [-0.1, -0.05) is 55.0 Å². The molecule has 0 amide bonds. The highest BCUT2D eigenvalue weighted by Crippen LogP contribution is 2.29. The predicted octanol–water partition coefficient (Wildman–Crippen LogP) is 6.50. The summed E-state index contributed by atoms with van der Waals surface area (Å²) in [6.45, 7) is 12.0. The Kier molecular flexibility index (Phi) is 9.43. The van der Waals surface area contributed by atoms with E-state index in [1.807, 2.05) is 12.1 Å². The quantitative estimate of drug-likeness (QED) is 0.241. The summed E-state index contributed by atoms with van der Waals surface area (Å²) in [4.78, 5) is 10.6. The number of rotatable bonds is 12. The van der Waals surface area contributed by atoms with E-state index in [2.05, 4.69) is 50.1 Å². The van der Waals surface area contributed by atoms with Crippen LogP contribution in [0.15, 0.2) is 62.2 Å². The molecule has 0 heterocycles. The zero-order valence-corrected chi connectivity index (χ0v) is 16.1. The largest absolute Gasteiger partial charge is 0.449 e. The third-order valence-corrected chi connectivity index (χ3v) is 9.27. The zero-order chi connectivity index (χ0) is 17.8. The average molecular weight is 363 g/mol. The van der Waals surface area contributed by atoms with Gasteiger partial charge in [0.2, 0.25) is 0 Å². The highest BCUT2D eigenvalue weighted by atomic mass is 35.5. The van der Waals surface area contributed by atoms with Crippen molar-refractivity contribution in [2.24, 2.45) is 0 Å². The maximum Gasteiger partial charge on any atom is 0.404 e. The predicted molar refractivity (Wildman–Crippen MR) is 106 cm³/mol. The van der Waals surface area contributed by atoms with Crippen LogP contribution in [0.3, 0.4) is 0 Å². The minimum atomic E-state index is -1.41. The van der Waals surface area contributed by atoms with Gasteiger partial charge in [0, 0.05) is 11.6 Å². The Balaban J connectivity index is 2.57. The molecule has 0 atom stereocenters. The van der Waals surface area contributed by atoms with Crippen molar-refractivity contribution in [3.8, 4) is 0 Å². The Morgan fingerprint density at radius 1 is 1.00 bits per heavy atom. The first kappa shape index (κ1) is 20.5. The molecule has 0 fully saturated rings. The number of ether oxygens (including phenoxy) is 1. The lowest BCUT2D eigenvalue weighted by Gasteiger charge is -2.28. The van der Waals surface area contributed by atoms with Crippen molar-refractivity contribution in [2.75, 3.05) is 0 Å². The topological polar surface area (TPSA) is 26.3 Å². The number of benzene rings is 1. The minimum absolute atomic E-state index is 0.219. The van der Waals surface area contributed by atoms with Crippen LogP contribution in [0.2, 0.25) is 24.2 Å². The zero-order valence-electron chi connectivity index (χ0n) is 14.3. The van der Waals surface area contributed by atoms with Gasteiger partial charge >= 0.3 is 5.43 Å². The number of hydrogen-bond donors (Lipinski definition) is 0. The summed E-state index contributed by atoms with van der Waals surface area (Å²) < 4.78 is 4.78. The third-order valence-electron chi connectivity index (χ3n) is 4.28. The van der Waals surface area contributed by atoms with E-state index < -0.39 is 13.5 Å². The first-order valence-corrected chi connectivity index (χ1v) is 11.5. The highest BCUT2D eigenvalue weighted by molar-refractivity contribution is 6.81. The second-order valence-corrected chi connectivity index (χ2v) is 11.2. The van der Waals surface area contributed by atoms with E-state index >= 15 is 0 Å². The fourth-order valence-corrected chi connectivity index (χ4v) is 7.02. The monoisotopic (exact) mass is 362 g/mol. The van der Waals surface area contributed by atoms with Crippen LogP contribution in [0, 0.1) is 0 Å². The smallest absolute Gasteiger partial charge is 0.404 e. The first-order chi connectivity index (χ1) is 11.5. The molecule has 0 aromatic heterocycles. The fourth-order valence-electron chi connectivity index (χ4n) is 3.08. The van der Waals surface area contributed by atoms with Crippen LogP contribution >= 0.6 is 11.6 Å². The molecule has 24 heavy (non-hydrogen) atoms.